The lowest BCUT2D eigenvalue weighted by atomic mass is 10.1. The Morgan fingerprint density at radius 1 is 1.00 bits per heavy atom. The fraction of sp³-hybridized carbons (Fsp3) is 0.647. The largest absolute Gasteiger partial charge is 0.494 e. The number of benzene rings is 1. The van der Waals surface area contributed by atoms with E-state index in [4.69, 9.17) is 9.47 Å². The van der Waals surface area contributed by atoms with Gasteiger partial charge in [0, 0.05) is 6.07 Å². The van der Waals surface area contributed by atoms with Crippen LogP contribution in [0.5, 0.6) is 11.5 Å². The Labute approximate surface area is 122 Å². The third kappa shape index (κ3) is 5.41. The highest BCUT2D eigenvalue weighted by atomic mass is 16.5. The Hall–Kier alpha value is -1.22. The first-order valence-corrected chi connectivity index (χ1v) is 8.07. The van der Waals surface area contributed by atoms with E-state index in [0.717, 1.165) is 24.5 Å². The molecule has 1 N–H and O–H groups in total. The third-order valence-corrected chi connectivity index (χ3v) is 3.87. The molecule has 0 saturated carbocycles. The second-order valence-electron chi connectivity index (χ2n) is 5.52. The first kappa shape index (κ1) is 15.2. The van der Waals surface area contributed by atoms with Gasteiger partial charge in [-0.2, -0.15) is 0 Å². The van der Waals surface area contributed by atoms with Crippen molar-refractivity contribution in [1.29, 1.82) is 0 Å². The molecule has 112 valence electrons. The van der Waals surface area contributed by atoms with Gasteiger partial charge in [0.05, 0.1) is 32.8 Å². The van der Waals surface area contributed by atoms with Crippen LogP contribution in [-0.4, -0.2) is 32.8 Å². The van der Waals surface area contributed by atoms with Crippen LogP contribution in [0.15, 0.2) is 24.3 Å². The van der Waals surface area contributed by atoms with Crippen molar-refractivity contribution in [3.8, 4) is 11.5 Å². The molecule has 20 heavy (non-hydrogen) atoms. The summed E-state index contributed by atoms with van der Waals surface area (Å²) in [5.74, 6) is 1.81. The Morgan fingerprint density at radius 2 is 1.75 bits per heavy atom. The van der Waals surface area contributed by atoms with Crippen molar-refractivity contribution in [3.05, 3.63) is 24.3 Å². The fourth-order valence-corrected chi connectivity index (χ4v) is 2.79. The first-order valence-electron chi connectivity index (χ1n) is 8.07. The standard InChI is InChI=1S/C17H27NO2/c1-2-19-16-9-8-10-17(15-16)20-14-7-6-13-18-11-4-3-5-12-18/h8-10,15H,2-7,11-14H2,1H3/p+1. The molecule has 1 aliphatic rings. The molecule has 0 unspecified atom stereocenters. The van der Waals surface area contributed by atoms with E-state index in [0.29, 0.717) is 6.61 Å². The number of hydrogen-bond acceptors (Lipinski definition) is 2. The maximum atomic E-state index is 5.79. The SMILES string of the molecule is CCOc1cccc(OCCCC[NH+]2CCCCC2)c1. The Bertz CT molecular complexity index is 375. The molecule has 1 aromatic carbocycles. The minimum atomic E-state index is 0.696. The fourth-order valence-electron chi connectivity index (χ4n) is 2.79. The Kier molecular flexibility index (Phi) is 6.72. The molecule has 0 bridgehead atoms. The van der Waals surface area contributed by atoms with Crippen LogP contribution in [0.1, 0.15) is 39.0 Å². The molecule has 1 heterocycles. The summed E-state index contributed by atoms with van der Waals surface area (Å²) in [4.78, 5) is 1.79. The van der Waals surface area contributed by atoms with Crippen molar-refractivity contribution >= 4 is 0 Å². The highest BCUT2D eigenvalue weighted by Gasteiger charge is 2.12. The van der Waals surface area contributed by atoms with Crippen LogP contribution < -0.4 is 14.4 Å². The molecule has 1 fully saturated rings. The van der Waals surface area contributed by atoms with E-state index in [9.17, 15) is 0 Å². The molecule has 3 nitrogen and oxygen atoms in total. The molecule has 0 spiro atoms. The number of piperidine rings is 1. The van der Waals surface area contributed by atoms with Gasteiger partial charge in [-0.25, -0.2) is 0 Å². The smallest absolute Gasteiger partial charge is 0.122 e. The minimum absolute atomic E-state index is 0.696. The van der Waals surface area contributed by atoms with Gasteiger partial charge < -0.3 is 14.4 Å². The monoisotopic (exact) mass is 278 g/mol. The van der Waals surface area contributed by atoms with E-state index >= 15 is 0 Å². The summed E-state index contributed by atoms with van der Waals surface area (Å²) in [6.45, 7) is 7.55. The molecule has 0 amide bonds. The van der Waals surface area contributed by atoms with E-state index in [1.54, 1.807) is 4.90 Å². The van der Waals surface area contributed by atoms with Crippen molar-refractivity contribution in [2.75, 3.05) is 32.8 Å². The number of hydrogen-bond donors (Lipinski definition) is 1. The second kappa shape index (κ2) is 8.85. The van der Waals surface area contributed by atoms with Gasteiger partial charge in [0.15, 0.2) is 0 Å². The number of likely N-dealkylation sites (tertiary alicyclic amines) is 1. The summed E-state index contributed by atoms with van der Waals surface area (Å²) in [7, 11) is 0. The summed E-state index contributed by atoms with van der Waals surface area (Å²) in [5, 5.41) is 0. The average molecular weight is 278 g/mol. The molecule has 1 saturated heterocycles. The molecule has 2 rings (SSSR count). The quantitative estimate of drug-likeness (QED) is 0.738. The molecule has 1 aromatic rings. The zero-order valence-corrected chi connectivity index (χ0v) is 12.7. The van der Waals surface area contributed by atoms with E-state index < -0.39 is 0 Å². The van der Waals surface area contributed by atoms with Gasteiger partial charge in [-0.3, -0.25) is 0 Å². The summed E-state index contributed by atoms with van der Waals surface area (Å²) in [6.07, 6.45) is 6.66. The van der Waals surface area contributed by atoms with Crippen LogP contribution in [0.4, 0.5) is 0 Å². The van der Waals surface area contributed by atoms with Gasteiger partial charge in [0.1, 0.15) is 11.5 Å². The highest BCUT2D eigenvalue weighted by Crippen LogP contribution is 2.19. The number of quaternary nitrogens is 1. The maximum Gasteiger partial charge on any atom is 0.122 e. The highest BCUT2D eigenvalue weighted by molar-refractivity contribution is 5.32. The molecular formula is C17H28NO2+. The molecule has 0 aliphatic carbocycles. The van der Waals surface area contributed by atoms with Crippen molar-refractivity contribution in [3.63, 3.8) is 0 Å². The van der Waals surface area contributed by atoms with Gasteiger partial charge in [0.25, 0.3) is 0 Å². The number of ether oxygens (including phenoxy) is 2. The summed E-state index contributed by atoms with van der Waals surface area (Å²) in [6, 6.07) is 7.92. The van der Waals surface area contributed by atoms with Crippen molar-refractivity contribution < 1.29 is 14.4 Å². The maximum absolute atomic E-state index is 5.79. The Balaban J connectivity index is 1.59. The second-order valence-corrected chi connectivity index (χ2v) is 5.52. The third-order valence-electron chi connectivity index (χ3n) is 3.87. The van der Waals surface area contributed by atoms with Crippen LogP contribution in [0.2, 0.25) is 0 Å². The number of rotatable bonds is 8. The van der Waals surface area contributed by atoms with Crippen LogP contribution in [0.25, 0.3) is 0 Å². The zero-order chi connectivity index (χ0) is 14.0. The topological polar surface area (TPSA) is 22.9 Å². The van der Waals surface area contributed by atoms with E-state index in [1.165, 1.54) is 45.3 Å². The van der Waals surface area contributed by atoms with Crippen LogP contribution in [0.3, 0.4) is 0 Å². The summed E-state index contributed by atoms with van der Waals surface area (Å²) < 4.78 is 11.3. The van der Waals surface area contributed by atoms with Crippen LogP contribution >= 0.6 is 0 Å². The average Bonchev–Trinajstić information content (AvgIpc) is 2.49. The number of nitrogens with one attached hydrogen (secondary N) is 1. The van der Waals surface area contributed by atoms with E-state index in [-0.39, 0.29) is 0 Å². The lowest BCUT2D eigenvalue weighted by Gasteiger charge is -2.23. The molecular weight excluding hydrogens is 250 g/mol. The molecule has 3 heteroatoms. The van der Waals surface area contributed by atoms with E-state index in [1.807, 2.05) is 31.2 Å². The Morgan fingerprint density at radius 3 is 2.50 bits per heavy atom. The van der Waals surface area contributed by atoms with Gasteiger partial charge >= 0.3 is 0 Å². The lowest BCUT2D eigenvalue weighted by Crippen LogP contribution is -3.12. The van der Waals surface area contributed by atoms with Crippen molar-refractivity contribution in [2.24, 2.45) is 0 Å². The summed E-state index contributed by atoms with van der Waals surface area (Å²) in [5.41, 5.74) is 0. The lowest BCUT2D eigenvalue weighted by molar-refractivity contribution is -0.905. The first-order chi connectivity index (χ1) is 9.88. The van der Waals surface area contributed by atoms with Crippen LogP contribution in [0, 0.1) is 0 Å². The molecule has 0 aromatic heterocycles. The minimum Gasteiger partial charge on any atom is -0.494 e. The molecule has 1 aliphatic heterocycles. The molecule has 0 radical (unpaired) electrons. The number of unbranched alkanes of at least 4 members (excludes halogenated alkanes) is 1. The predicted molar refractivity (Wildman–Crippen MR) is 81.8 cm³/mol. The predicted octanol–water partition coefficient (Wildman–Crippen LogP) is 2.31. The normalized spacial score (nSPS) is 16.1. The van der Waals surface area contributed by atoms with Crippen molar-refractivity contribution in [1.82, 2.24) is 0 Å². The molecule has 0 atom stereocenters. The van der Waals surface area contributed by atoms with Gasteiger partial charge in [0.2, 0.25) is 0 Å². The van der Waals surface area contributed by atoms with Gasteiger partial charge in [-0.1, -0.05) is 6.07 Å². The van der Waals surface area contributed by atoms with Gasteiger partial charge in [-0.15, -0.1) is 0 Å². The van der Waals surface area contributed by atoms with Crippen molar-refractivity contribution in [2.45, 2.75) is 39.0 Å². The van der Waals surface area contributed by atoms with Crippen LogP contribution in [-0.2, 0) is 0 Å². The summed E-state index contributed by atoms with van der Waals surface area (Å²) >= 11 is 0. The van der Waals surface area contributed by atoms with E-state index in [2.05, 4.69) is 0 Å². The zero-order valence-electron chi connectivity index (χ0n) is 12.7. The van der Waals surface area contributed by atoms with Gasteiger partial charge in [-0.05, 0) is 51.2 Å².